The topological polar surface area (TPSA) is 46.3 Å². The maximum atomic E-state index is 12.5. The summed E-state index contributed by atoms with van der Waals surface area (Å²) in [4.78, 5) is 14.2. The van der Waals surface area contributed by atoms with Gasteiger partial charge in [0.25, 0.3) is 5.91 Å². The first-order valence-electron chi connectivity index (χ1n) is 6.34. The van der Waals surface area contributed by atoms with Gasteiger partial charge in [-0.3, -0.25) is 4.79 Å². The maximum Gasteiger partial charge on any atom is 0.254 e. The van der Waals surface area contributed by atoms with Gasteiger partial charge in [-0.15, -0.1) is 0 Å². The highest BCUT2D eigenvalue weighted by Gasteiger charge is 2.16. The number of halogens is 1. The molecule has 0 aliphatic carbocycles. The lowest BCUT2D eigenvalue weighted by Gasteiger charge is -2.19. The molecule has 0 aliphatic heterocycles. The van der Waals surface area contributed by atoms with Crippen LogP contribution in [0, 0.1) is 6.92 Å². The summed E-state index contributed by atoms with van der Waals surface area (Å²) >= 11 is 3.45. The number of carbonyl (C=O) groups excluding carboxylic acids is 1. The molecule has 0 aromatic heterocycles. The van der Waals surface area contributed by atoms with E-state index in [-0.39, 0.29) is 5.91 Å². The van der Waals surface area contributed by atoms with Gasteiger partial charge in [0.15, 0.2) is 0 Å². The second kappa shape index (κ2) is 6.09. The molecule has 0 radical (unpaired) electrons. The largest absolute Gasteiger partial charge is 0.398 e. The number of carbonyl (C=O) groups is 1. The molecular weight excluding hydrogens is 316 g/mol. The Labute approximate surface area is 127 Å². The normalized spacial score (nSPS) is 10.3. The van der Waals surface area contributed by atoms with Crippen molar-refractivity contribution in [3.63, 3.8) is 0 Å². The van der Waals surface area contributed by atoms with E-state index in [1.165, 1.54) is 0 Å². The molecule has 4 heteroatoms. The van der Waals surface area contributed by atoms with Gasteiger partial charge in [-0.25, -0.2) is 0 Å². The first kappa shape index (κ1) is 14.6. The van der Waals surface area contributed by atoms with Crippen molar-refractivity contribution in [2.45, 2.75) is 13.5 Å². The Balaban J connectivity index is 2.21. The Kier molecular flexibility index (Phi) is 4.45. The summed E-state index contributed by atoms with van der Waals surface area (Å²) in [6, 6.07) is 13.2. The summed E-state index contributed by atoms with van der Waals surface area (Å²) in [5, 5.41) is 0. The van der Waals surface area contributed by atoms with E-state index in [1.54, 1.807) is 11.9 Å². The molecule has 0 fully saturated rings. The van der Waals surface area contributed by atoms with Crippen LogP contribution in [0.4, 0.5) is 5.69 Å². The number of rotatable bonds is 3. The van der Waals surface area contributed by atoms with Crippen LogP contribution in [-0.4, -0.2) is 17.9 Å². The Morgan fingerprint density at radius 2 is 1.90 bits per heavy atom. The van der Waals surface area contributed by atoms with E-state index in [1.807, 2.05) is 49.4 Å². The molecule has 0 heterocycles. The SMILES string of the molecule is Cc1c(Br)cccc1C(=O)N(C)Cc1ccccc1N. The first-order valence-corrected chi connectivity index (χ1v) is 7.14. The third-order valence-electron chi connectivity index (χ3n) is 3.31. The van der Waals surface area contributed by atoms with Crippen molar-refractivity contribution >= 4 is 27.5 Å². The van der Waals surface area contributed by atoms with E-state index in [0.29, 0.717) is 17.8 Å². The molecule has 2 aromatic rings. The van der Waals surface area contributed by atoms with Crippen molar-refractivity contribution in [2.24, 2.45) is 0 Å². The lowest BCUT2D eigenvalue weighted by atomic mass is 10.1. The number of para-hydroxylation sites is 1. The predicted molar refractivity (Wildman–Crippen MR) is 85.5 cm³/mol. The molecule has 2 rings (SSSR count). The Hall–Kier alpha value is -1.81. The summed E-state index contributed by atoms with van der Waals surface area (Å²) in [6.45, 7) is 2.43. The molecule has 104 valence electrons. The molecule has 2 aromatic carbocycles. The maximum absolute atomic E-state index is 12.5. The van der Waals surface area contributed by atoms with Crippen LogP contribution < -0.4 is 5.73 Å². The summed E-state index contributed by atoms with van der Waals surface area (Å²) in [6.07, 6.45) is 0. The van der Waals surface area contributed by atoms with Gasteiger partial charge in [-0.05, 0) is 36.2 Å². The molecule has 0 spiro atoms. The molecule has 0 saturated carbocycles. The van der Waals surface area contributed by atoms with Gasteiger partial charge in [0, 0.05) is 29.3 Å². The number of amides is 1. The van der Waals surface area contributed by atoms with Crippen LogP contribution in [0.25, 0.3) is 0 Å². The number of hydrogen-bond acceptors (Lipinski definition) is 2. The van der Waals surface area contributed by atoms with E-state index < -0.39 is 0 Å². The lowest BCUT2D eigenvalue weighted by Crippen LogP contribution is -2.27. The summed E-state index contributed by atoms with van der Waals surface area (Å²) in [5.41, 5.74) is 9.23. The number of hydrogen-bond donors (Lipinski definition) is 1. The van der Waals surface area contributed by atoms with Crippen molar-refractivity contribution < 1.29 is 4.79 Å². The number of anilines is 1. The fourth-order valence-electron chi connectivity index (χ4n) is 2.05. The van der Waals surface area contributed by atoms with Gasteiger partial charge < -0.3 is 10.6 Å². The number of nitrogens with two attached hydrogens (primary N) is 1. The quantitative estimate of drug-likeness (QED) is 0.872. The molecule has 1 amide bonds. The molecule has 0 unspecified atom stereocenters. The Morgan fingerprint density at radius 3 is 2.60 bits per heavy atom. The smallest absolute Gasteiger partial charge is 0.254 e. The highest BCUT2D eigenvalue weighted by atomic mass is 79.9. The monoisotopic (exact) mass is 332 g/mol. The molecule has 0 saturated heterocycles. The fourth-order valence-corrected chi connectivity index (χ4v) is 2.42. The third kappa shape index (κ3) is 3.02. The summed E-state index contributed by atoms with van der Waals surface area (Å²) in [7, 11) is 1.79. The number of benzene rings is 2. The molecule has 0 aliphatic rings. The zero-order valence-corrected chi connectivity index (χ0v) is 13.1. The minimum Gasteiger partial charge on any atom is -0.398 e. The van der Waals surface area contributed by atoms with E-state index in [9.17, 15) is 4.79 Å². The van der Waals surface area contributed by atoms with Gasteiger partial charge in [-0.2, -0.15) is 0 Å². The van der Waals surface area contributed by atoms with Crippen LogP contribution in [0.2, 0.25) is 0 Å². The summed E-state index contributed by atoms with van der Waals surface area (Å²) < 4.78 is 0.941. The van der Waals surface area contributed by atoms with Crippen LogP contribution in [0.3, 0.4) is 0 Å². The van der Waals surface area contributed by atoms with Crippen LogP contribution >= 0.6 is 15.9 Å². The zero-order valence-electron chi connectivity index (χ0n) is 11.6. The number of nitrogens with zero attached hydrogens (tertiary/aromatic N) is 1. The van der Waals surface area contributed by atoms with Gasteiger partial charge in [0.2, 0.25) is 0 Å². The molecule has 3 nitrogen and oxygen atoms in total. The second-order valence-corrected chi connectivity index (χ2v) is 5.63. The zero-order chi connectivity index (χ0) is 14.7. The minimum absolute atomic E-state index is 0.00736. The highest BCUT2D eigenvalue weighted by Crippen LogP contribution is 2.21. The van der Waals surface area contributed by atoms with E-state index in [0.717, 1.165) is 15.6 Å². The summed E-state index contributed by atoms with van der Waals surface area (Å²) in [5.74, 6) is -0.00736. The standard InChI is InChI=1S/C16H17BrN2O/c1-11-13(7-5-8-14(11)17)16(20)19(2)10-12-6-3-4-9-15(12)18/h3-9H,10,18H2,1-2H3. The molecule has 20 heavy (non-hydrogen) atoms. The van der Waals surface area contributed by atoms with Crippen LogP contribution in [0.15, 0.2) is 46.9 Å². The predicted octanol–water partition coefficient (Wildman–Crippen LogP) is 3.61. The van der Waals surface area contributed by atoms with E-state index in [2.05, 4.69) is 15.9 Å². The van der Waals surface area contributed by atoms with Crippen LogP contribution in [0.5, 0.6) is 0 Å². The van der Waals surface area contributed by atoms with E-state index >= 15 is 0 Å². The van der Waals surface area contributed by atoms with Gasteiger partial charge in [0.05, 0.1) is 0 Å². The molecule has 0 bridgehead atoms. The molecule has 0 atom stereocenters. The average molecular weight is 333 g/mol. The van der Waals surface area contributed by atoms with Crippen molar-refractivity contribution in [2.75, 3.05) is 12.8 Å². The Morgan fingerprint density at radius 1 is 1.20 bits per heavy atom. The van der Waals surface area contributed by atoms with Crippen molar-refractivity contribution in [1.29, 1.82) is 0 Å². The van der Waals surface area contributed by atoms with Crippen molar-refractivity contribution in [3.05, 3.63) is 63.6 Å². The van der Waals surface area contributed by atoms with Crippen LogP contribution in [-0.2, 0) is 6.54 Å². The van der Waals surface area contributed by atoms with Crippen LogP contribution in [0.1, 0.15) is 21.5 Å². The van der Waals surface area contributed by atoms with Crippen molar-refractivity contribution in [1.82, 2.24) is 4.90 Å². The van der Waals surface area contributed by atoms with Gasteiger partial charge >= 0.3 is 0 Å². The molecular formula is C16H17BrN2O. The minimum atomic E-state index is -0.00736. The van der Waals surface area contributed by atoms with E-state index in [4.69, 9.17) is 5.73 Å². The van der Waals surface area contributed by atoms with Gasteiger partial charge in [-0.1, -0.05) is 40.2 Å². The Bertz CT molecular complexity index is 640. The highest BCUT2D eigenvalue weighted by molar-refractivity contribution is 9.10. The molecule has 2 N–H and O–H groups in total. The average Bonchev–Trinajstić information content (AvgIpc) is 2.43. The first-order chi connectivity index (χ1) is 9.50. The van der Waals surface area contributed by atoms with Crippen molar-refractivity contribution in [3.8, 4) is 0 Å². The van der Waals surface area contributed by atoms with Gasteiger partial charge in [0.1, 0.15) is 0 Å². The second-order valence-electron chi connectivity index (χ2n) is 4.77. The number of nitrogen functional groups attached to an aromatic ring is 1. The lowest BCUT2D eigenvalue weighted by molar-refractivity contribution is 0.0784. The fraction of sp³-hybridized carbons (Fsp3) is 0.188. The third-order valence-corrected chi connectivity index (χ3v) is 4.17.